The monoisotopic (exact) mass is 404 g/mol. The summed E-state index contributed by atoms with van der Waals surface area (Å²) in [6.07, 6.45) is 1.98. The number of thioether (sulfide) groups is 1. The zero-order valence-electron chi connectivity index (χ0n) is 15.7. The Kier molecular flexibility index (Phi) is 7.39. The quantitative estimate of drug-likeness (QED) is 0.288. The molecule has 0 saturated carbocycles. The van der Waals surface area contributed by atoms with Crippen molar-refractivity contribution in [2.45, 2.75) is 11.4 Å². The number of hydrogen-bond acceptors (Lipinski definition) is 7. The molecule has 0 aliphatic heterocycles. The van der Waals surface area contributed by atoms with Gasteiger partial charge in [-0.1, -0.05) is 12.1 Å². The zero-order chi connectivity index (χ0) is 20.7. The summed E-state index contributed by atoms with van der Waals surface area (Å²) in [6.45, 7) is -0.0862. The number of carbonyl (C=O) groups is 2. The topological polar surface area (TPSA) is 99.0 Å². The lowest BCUT2D eigenvalue weighted by atomic mass is 10.2. The molecule has 9 heteroatoms. The number of nitrogens with zero attached hydrogens (tertiary/aromatic N) is 2. The van der Waals surface area contributed by atoms with Gasteiger partial charge in [-0.05, 0) is 36.1 Å². The molecule has 0 aliphatic rings. The van der Waals surface area contributed by atoms with Gasteiger partial charge < -0.3 is 14.4 Å². The van der Waals surface area contributed by atoms with Gasteiger partial charge in [-0.3, -0.25) is 14.9 Å². The molecule has 28 heavy (non-hydrogen) atoms. The first-order valence-electron chi connectivity index (χ1n) is 8.22. The van der Waals surface area contributed by atoms with Gasteiger partial charge in [0.15, 0.2) is 12.4 Å². The van der Waals surface area contributed by atoms with Crippen molar-refractivity contribution in [2.75, 3.05) is 27.0 Å². The molecule has 0 N–H and O–H groups in total. The highest BCUT2D eigenvalue weighted by atomic mass is 32.2. The number of ether oxygens (including phenoxy) is 2. The fraction of sp³-hybridized carbons (Fsp3) is 0.263. The number of hydrogen-bond donors (Lipinski definition) is 0. The van der Waals surface area contributed by atoms with Crippen molar-refractivity contribution >= 4 is 29.3 Å². The fourth-order valence-electron chi connectivity index (χ4n) is 2.37. The van der Waals surface area contributed by atoms with Crippen LogP contribution in [0.5, 0.6) is 5.75 Å². The van der Waals surface area contributed by atoms with Crippen molar-refractivity contribution in [1.82, 2.24) is 4.90 Å². The molecule has 0 bridgehead atoms. The van der Waals surface area contributed by atoms with Crippen LogP contribution in [0.1, 0.15) is 15.9 Å². The highest BCUT2D eigenvalue weighted by Gasteiger charge is 2.20. The van der Waals surface area contributed by atoms with Crippen LogP contribution < -0.4 is 4.74 Å². The predicted octanol–water partition coefficient (Wildman–Crippen LogP) is 3.14. The summed E-state index contributed by atoms with van der Waals surface area (Å²) >= 11 is 1.63. The van der Waals surface area contributed by atoms with Crippen molar-refractivity contribution in [3.05, 3.63) is 63.7 Å². The maximum Gasteiger partial charge on any atom is 0.338 e. The summed E-state index contributed by atoms with van der Waals surface area (Å²) in [6, 6.07) is 11.5. The lowest BCUT2D eigenvalue weighted by Crippen LogP contribution is -2.30. The number of nitro groups is 1. The Morgan fingerprint density at radius 3 is 2.43 bits per heavy atom. The molecule has 1 amide bonds. The van der Waals surface area contributed by atoms with E-state index in [1.807, 2.05) is 30.5 Å². The van der Waals surface area contributed by atoms with Crippen LogP contribution in [0.15, 0.2) is 47.4 Å². The Morgan fingerprint density at radius 1 is 1.18 bits per heavy atom. The molecule has 0 heterocycles. The molecule has 0 fully saturated rings. The van der Waals surface area contributed by atoms with E-state index in [0.29, 0.717) is 6.54 Å². The maximum atomic E-state index is 12.2. The minimum Gasteiger partial charge on any atom is -0.490 e. The second-order valence-corrected chi connectivity index (χ2v) is 6.70. The van der Waals surface area contributed by atoms with E-state index in [-0.39, 0.29) is 22.9 Å². The molecular weight excluding hydrogens is 384 g/mol. The van der Waals surface area contributed by atoms with Crippen molar-refractivity contribution in [1.29, 1.82) is 0 Å². The highest BCUT2D eigenvalue weighted by molar-refractivity contribution is 7.98. The zero-order valence-corrected chi connectivity index (χ0v) is 16.5. The molecule has 0 unspecified atom stereocenters. The minimum atomic E-state index is -0.822. The molecule has 0 atom stereocenters. The molecule has 2 aromatic carbocycles. The Balaban J connectivity index is 1.94. The predicted molar refractivity (Wildman–Crippen MR) is 105 cm³/mol. The second kappa shape index (κ2) is 9.75. The molecule has 8 nitrogen and oxygen atoms in total. The van der Waals surface area contributed by atoms with Crippen LogP contribution in [0.25, 0.3) is 0 Å². The number of amides is 1. The number of benzene rings is 2. The van der Waals surface area contributed by atoms with Crippen molar-refractivity contribution in [3.63, 3.8) is 0 Å². The van der Waals surface area contributed by atoms with Gasteiger partial charge in [-0.2, -0.15) is 0 Å². The summed E-state index contributed by atoms with van der Waals surface area (Å²) in [5, 5.41) is 11.0. The van der Waals surface area contributed by atoms with E-state index in [2.05, 4.69) is 0 Å². The number of methoxy groups -OCH3 is 1. The summed E-state index contributed by atoms with van der Waals surface area (Å²) in [7, 11) is 2.90. The van der Waals surface area contributed by atoms with Gasteiger partial charge in [0.05, 0.1) is 17.6 Å². The van der Waals surface area contributed by atoms with E-state index in [9.17, 15) is 19.7 Å². The van der Waals surface area contributed by atoms with Gasteiger partial charge in [0.2, 0.25) is 0 Å². The summed E-state index contributed by atoms with van der Waals surface area (Å²) in [5.41, 5.74) is 0.565. The number of likely N-dealkylation sites (N-methyl/N-ethyl adjacent to an activating group) is 1. The first kappa shape index (κ1) is 21.2. The van der Waals surface area contributed by atoms with Gasteiger partial charge in [0, 0.05) is 24.6 Å². The fourth-order valence-corrected chi connectivity index (χ4v) is 2.78. The Bertz CT molecular complexity index is 869. The number of esters is 1. The van der Waals surface area contributed by atoms with Gasteiger partial charge in [0.25, 0.3) is 5.91 Å². The molecule has 0 saturated heterocycles. The first-order chi connectivity index (χ1) is 13.3. The summed E-state index contributed by atoms with van der Waals surface area (Å²) in [5.74, 6) is -1.17. The number of rotatable bonds is 8. The van der Waals surface area contributed by atoms with E-state index in [1.54, 1.807) is 18.8 Å². The van der Waals surface area contributed by atoms with Crippen molar-refractivity contribution in [3.8, 4) is 5.75 Å². The molecule has 2 aromatic rings. The third-order valence-electron chi connectivity index (χ3n) is 3.94. The smallest absolute Gasteiger partial charge is 0.338 e. The van der Waals surface area contributed by atoms with E-state index in [1.165, 1.54) is 24.1 Å². The van der Waals surface area contributed by atoms with Crippen LogP contribution in [-0.2, 0) is 16.1 Å². The maximum absolute atomic E-state index is 12.2. The van der Waals surface area contributed by atoms with Gasteiger partial charge in [0.1, 0.15) is 0 Å². The largest absolute Gasteiger partial charge is 0.490 e. The van der Waals surface area contributed by atoms with Crippen LogP contribution in [0.2, 0.25) is 0 Å². The highest BCUT2D eigenvalue weighted by Crippen LogP contribution is 2.27. The average Bonchev–Trinajstić information content (AvgIpc) is 2.71. The average molecular weight is 404 g/mol. The molecule has 148 valence electrons. The molecule has 0 aliphatic carbocycles. The van der Waals surface area contributed by atoms with Crippen LogP contribution in [-0.4, -0.2) is 48.7 Å². The van der Waals surface area contributed by atoms with Crippen LogP contribution >= 0.6 is 11.8 Å². The molecular formula is C19H20N2O6S. The summed E-state index contributed by atoms with van der Waals surface area (Å²) < 4.78 is 9.88. The Hall–Kier alpha value is -3.07. The van der Waals surface area contributed by atoms with Gasteiger partial charge in [-0.25, -0.2) is 4.79 Å². The lowest BCUT2D eigenvalue weighted by Gasteiger charge is -2.17. The SMILES string of the molecule is COc1ccc(C(=O)OCC(=O)N(C)Cc2ccc(SC)cc2)cc1[N+](=O)[O-]. The molecule has 0 radical (unpaired) electrons. The van der Waals surface area contributed by atoms with E-state index < -0.39 is 17.5 Å². The van der Waals surface area contributed by atoms with E-state index >= 15 is 0 Å². The van der Waals surface area contributed by atoms with E-state index in [0.717, 1.165) is 16.5 Å². The number of carbonyl (C=O) groups excluding carboxylic acids is 2. The lowest BCUT2D eigenvalue weighted by molar-refractivity contribution is -0.385. The molecule has 0 aromatic heterocycles. The van der Waals surface area contributed by atoms with Crippen LogP contribution in [0.3, 0.4) is 0 Å². The molecule has 0 spiro atoms. The minimum absolute atomic E-state index is 0.0318. The van der Waals surface area contributed by atoms with Crippen LogP contribution in [0, 0.1) is 10.1 Å². The second-order valence-electron chi connectivity index (χ2n) is 5.82. The summed E-state index contributed by atoms with van der Waals surface area (Å²) in [4.78, 5) is 37.3. The van der Waals surface area contributed by atoms with E-state index in [4.69, 9.17) is 9.47 Å². The Morgan fingerprint density at radius 2 is 1.86 bits per heavy atom. The molecule has 2 rings (SSSR count). The normalized spacial score (nSPS) is 10.2. The third kappa shape index (κ3) is 5.46. The van der Waals surface area contributed by atoms with Gasteiger partial charge in [-0.15, -0.1) is 11.8 Å². The van der Waals surface area contributed by atoms with Crippen molar-refractivity contribution in [2.24, 2.45) is 0 Å². The number of nitro benzene ring substituents is 1. The first-order valence-corrected chi connectivity index (χ1v) is 9.44. The van der Waals surface area contributed by atoms with Crippen molar-refractivity contribution < 1.29 is 24.0 Å². The third-order valence-corrected chi connectivity index (χ3v) is 4.69. The van der Waals surface area contributed by atoms with Crippen LogP contribution in [0.4, 0.5) is 5.69 Å². The van der Waals surface area contributed by atoms with Gasteiger partial charge >= 0.3 is 11.7 Å². The Labute approximate surface area is 166 Å². The standard InChI is InChI=1S/C19H20N2O6S/c1-20(11-13-4-7-15(28-3)8-5-13)18(22)12-27-19(23)14-6-9-17(26-2)16(10-14)21(24)25/h4-10H,11-12H2,1-3H3.